The summed E-state index contributed by atoms with van der Waals surface area (Å²) in [5.41, 5.74) is 6.67. The zero-order valence-electron chi connectivity index (χ0n) is 20.6. The number of pyridine rings is 1. The number of carboxylic acids is 1. The molecule has 1 aromatic heterocycles. The monoisotopic (exact) mass is 473 g/mol. The molecule has 2 aliphatic rings. The third-order valence-electron chi connectivity index (χ3n) is 7.64. The first-order valence-corrected chi connectivity index (χ1v) is 12.6. The van der Waals surface area contributed by atoms with Crippen LogP contribution in [0.25, 0.3) is 11.1 Å². The Labute approximate surface area is 206 Å². The van der Waals surface area contributed by atoms with E-state index in [0.29, 0.717) is 11.5 Å². The van der Waals surface area contributed by atoms with Crippen LogP contribution < -0.4 is 4.74 Å². The Morgan fingerprint density at radius 3 is 2.66 bits per heavy atom. The fraction of sp³-hybridized carbons (Fsp3) is 0.400. The lowest BCUT2D eigenvalue weighted by Crippen LogP contribution is -2.21. The summed E-state index contributed by atoms with van der Waals surface area (Å²) in [7, 11) is 0. The molecule has 0 saturated heterocycles. The van der Waals surface area contributed by atoms with Crippen molar-refractivity contribution in [2.45, 2.75) is 64.9 Å². The minimum atomic E-state index is -0.744. The van der Waals surface area contributed by atoms with Crippen LogP contribution in [0.1, 0.15) is 73.1 Å². The van der Waals surface area contributed by atoms with Crippen LogP contribution in [-0.4, -0.2) is 16.1 Å². The summed E-state index contributed by atoms with van der Waals surface area (Å²) in [5.74, 6) is -0.153. The number of ether oxygens (including phenoxy) is 1. The molecule has 5 rings (SSSR count). The zero-order chi connectivity index (χ0) is 24.7. The van der Waals surface area contributed by atoms with Gasteiger partial charge < -0.3 is 9.84 Å². The molecule has 0 amide bonds. The molecular weight excluding hydrogens is 441 g/mol. The summed E-state index contributed by atoms with van der Waals surface area (Å²) >= 11 is 0. The lowest BCUT2D eigenvalue weighted by Gasteiger charge is -2.29. The van der Waals surface area contributed by atoms with Crippen LogP contribution in [0.4, 0.5) is 4.39 Å². The van der Waals surface area contributed by atoms with Gasteiger partial charge in [0.25, 0.3) is 0 Å². The maximum atomic E-state index is 14.5. The van der Waals surface area contributed by atoms with E-state index in [1.165, 1.54) is 11.8 Å². The Morgan fingerprint density at radius 2 is 1.94 bits per heavy atom. The number of fused-ring (bicyclic) bond motifs is 1. The molecule has 2 heterocycles. The number of halogens is 1. The van der Waals surface area contributed by atoms with Gasteiger partial charge in [0.05, 0.1) is 12.1 Å². The molecule has 3 atom stereocenters. The van der Waals surface area contributed by atoms with Gasteiger partial charge in [0.15, 0.2) is 0 Å². The number of hydrogen-bond acceptors (Lipinski definition) is 3. The van der Waals surface area contributed by atoms with Gasteiger partial charge in [-0.25, -0.2) is 4.39 Å². The molecule has 0 unspecified atom stereocenters. The van der Waals surface area contributed by atoms with E-state index in [0.717, 1.165) is 65.8 Å². The van der Waals surface area contributed by atoms with Crippen molar-refractivity contribution in [3.8, 4) is 16.9 Å². The average Bonchev–Trinajstić information content (AvgIpc) is 3.70. The fourth-order valence-corrected chi connectivity index (χ4v) is 5.52. The lowest BCUT2D eigenvalue weighted by atomic mass is 9.82. The first-order chi connectivity index (χ1) is 16.9. The van der Waals surface area contributed by atoms with Crippen molar-refractivity contribution in [3.05, 3.63) is 82.4 Å². The number of rotatable bonds is 7. The highest BCUT2D eigenvalue weighted by molar-refractivity contribution is 5.71. The quantitative estimate of drug-likeness (QED) is 0.400. The van der Waals surface area contributed by atoms with E-state index in [-0.39, 0.29) is 17.8 Å². The van der Waals surface area contributed by atoms with Crippen LogP contribution in [-0.2, 0) is 17.6 Å². The van der Waals surface area contributed by atoms with Crippen molar-refractivity contribution in [1.29, 1.82) is 0 Å². The number of carbonyl (C=O) groups is 1. The first-order valence-electron chi connectivity index (χ1n) is 12.6. The minimum Gasteiger partial charge on any atom is -0.485 e. The maximum absolute atomic E-state index is 14.5. The molecule has 2 aromatic carbocycles. The summed E-state index contributed by atoms with van der Waals surface area (Å²) in [6.07, 6.45) is 5.95. The predicted molar refractivity (Wildman–Crippen MR) is 134 cm³/mol. The van der Waals surface area contributed by atoms with Crippen LogP contribution in [0.3, 0.4) is 0 Å². The predicted octanol–water partition coefficient (Wildman–Crippen LogP) is 7.04. The van der Waals surface area contributed by atoms with Gasteiger partial charge in [0.2, 0.25) is 0 Å². The zero-order valence-corrected chi connectivity index (χ0v) is 20.6. The summed E-state index contributed by atoms with van der Waals surface area (Å²) in [6, 6.07) is 14.3. The Morgan fingerprint density at radius 1 is 1.14 bits per heavy atom. The molecule has 1 aliphatic heterocycles. The van der Waals surface area contributed by atoms with Gasteiger partial charge in [-0.3, -0.25) is 9.78 Å². The van der Waals surface area contributed by atoms with Crippen molar-refractivity contribution in [2.75, 3.05) is 0 Å². The summed E-state index contributed by atoms with van der Waals surface area (Å²) < 4.78 is 21.0. The highest BCUT2D eigenvalue weighted by Crippen LogP contribution is 2.48. The highest BCUT2D eigenvalue weighted by Gasteiger charge is 2.39. The normalized spacial score (nSPS) is 18.9. The number of benzene rings is 2. The van der Waals surface area contributed by atoms with Crippen LogP contribution in [0.15, 0.2) is 48.7 Å². The van der Waals surface area contributed by atoms with E-state index in [2.05, 4.69) is 36.2 Å². The molecule has 1 N–H and O–H groups in total. The molecule has 0 bridgehead atoms. The lowest BCUT2D eigenvalue weighted by molar-refractivity contribution is -0.142. The smallest absolute Gasteiger partial charge is 0.306 e. The molecule has 5 heteroatoms. The third-order valence-corrected chi connectivity index (χ3v) is 7.64. The number of nitrogens with zero attached hydrogens (tertiary/aromatic N) is 1. The van der Waals surface area contributed by atoms with Gasteiger partial charge in [0, 0.05) is 11.3 Å². The molecule has 1 fully saturated rings. The van der Waals surface area contributed by atoms with E-state index >= 15 is 0 Å². The van der Waals surface area contributed by atoms with Gasteiger partial charge in [-0.2, -0.15) is 0 Å². The molecule has 1 aliphatic carbocycles. The third kappa shape index (κ3) is 4.69. The fourth-order valence-electron chi connectivity index (χ4n) is 5.52. The Hall–Kier alpha value is -3.21. The molecule has 4 nitrogen and oxygen atoms in total. The van der Waals surface area contributed by atoms with Crippen LogP contribution in [0.2, 0.25) is 0 Å². The minimum absolute atomic E-state index is 0.0199. The summed E-state index contributed by atoms with van der Waals surface area (Å²) in [6.45, 7) is 5.77. The van der Waals surface area contributed by atoms with Gasteiger partial charge in [-0.05, 0) is 90.8 Å². The van der Waals surface area contributed by atoms with Gasteiger partial charge in [-0.15, -0.1) is 0 Å². The average molecular weight is 474 g/mol. The standard InChI is InChI=1S/C30H32FNO3/c1-4-19-14-22(9-11-24(19)25-13-17(2)32-16-26(25)31)27-12-10-20-5-8-23(15-28(20)35-27)29(21-6-7-21)18(3)30(33)34/h5,8-9,11,13-16,18,21,27,29H,4,6-7,10,12H2,1-3H3,(H,33,34)/t18-,27-,29-/m0/s1. The number of hydrogen-bond donors (Lipinski definition) is 1. The Kier molecular flexibility index (Phi) is 6.35. The first kappa shape index (κ1) is 23.5. The molecule has 1 saturated carbocycles. The van der Waals surface area contributed by atoms with Crippen LogP contribution >= 0.6 is 0 Å². The molecule has 3 aromatic rings. The Balaban J connectivity index is 1.43. The number of aryl methyl sites for hydroxylation is 3. The largest absolute Gasteiger partial charge is 0.485 e. The molecule has 182 valence electrons. The number of aromatic nitrogens is 1. The van der Waals surface area contributed by atoms with Gasteiger partial charge in [0.1, 0.15) is 17.7 Å². The Bertz CT molecular complexity index is 1270. The number of aliphatic carboxylic acids is 1. The van der Waals surface area contributed by atoms with Gasteiger partial charge >= 0.3 is 5.97 Å². The molecule has 35 heavy (non-hydrogen) atoms. The van der Waals surface area contributed by atoms with E-state index in [9.17, 15) is 14.3 Å². The van der Waals surface area contributed by atoms with Crippen molar-refractivity contribution in [1.82, 2.24) is 4.98 Å². The van der Waals surface area contributed by atoms with Crippen molar-refractivity contribution >= 4 is 5.97 Å². The second-order valence-corrected chi connectivity index (χ2v) is 10.1. The van der Waals surface area contributed by atoms with E-state index in [1.807, 2.05) is 26.0 Å². The van der Waals surface area contributed by atoms with Crippen molar-refractivity contribution in [2.24, 2.45) is 11.8 Å². The number of carboxylic acid groups (broad SMARTS) is 1. The van der Waals surface area contributed by atoms with Crippen LogP contribution in [0, 0.1) is 24.6 Å². The van der Waals surface area contributed by atoms with Crippen molar-refractivity contribution in [3.63, 3.8) is 0 Å². The van der Waals surface area contributed by atoms with E-state index in [4.69, 9.17) is 4.74 Å². The summed E-state index contributed by atoms with van der Waals surface area (Å²) in [4.78, 5) is 15.8. The van der Waals surface area contributed by atoms with Crippen LogP contribution in [0.5, 0.6) is 5.75 Å². The van der Waals surface area contributed by atoms with Crippen molar-refractivity contribution < 1.29 is 19.0 Å². The molecular formula is C30H32FNO3. The highest BCUT2D eigenvalue weighted by atomic mass is 19.1. The topological polar surface area (TPSA) is 59.4 Å². The molecule has 0 radical (unpaired) electrons. The second-order valence-electron chi connectivity index (χ2n) is 10.1. The second kappa shape index (κ2) is 9.44. The van der Waals surface area contributed by atoms with E-state index in [1.54, 1.807) is 6.07 Å². The van der Waals surface area contributed by atoms with Gasteiger partial charge in [-0.1, -0.05) is 44.2 Å². The summed E-state index contributed by atoms with van der Waals surface area (Å²) in [5, 5.41) is 9.65. The van der Waals surface area contributed by atoms with E-state index < -0.39 is 11.9 Å². The maximum Gasteiger partial charge on any atom is 0.306 e. The SMILES string of the molecule is CCc1cc([C@@H]2CCc3ccc([C@H](C4CC4)[C@H](C)C(=O)O)cc3O2)ccc1-c1cc(C)ncc1F. The molecule has 0 spiro atoms.